The van der Waals surface area contributed by atoms with Crippen LogP contribution in [0.3, 0.4) is 0 Å². The van der Waals surface area contributed by atoms with Crippen molar-refractivity contribution < 1.29 is 14.3 Å². The van der Waals surface area contributed by atoms with Crippen molar-refractivity contribution >= 4 is 17.4 Å². The summed E-state index contributed by atoms with van der Waals surface area (Å²) in [6, 6.07) is 5.33. The summed E-state index contributed by atoms with van der Waals surface area (Å²) in [6.07, 6.45) is 2.37. The Hall–Kier alpha value is -1.88. The van der Waals surface area contributed by atoms with E-state index in [1.54, 1.807) is 23.1 Å². The first-order valence-electron chi connectivity index (χ1n) is 7.95. The van der Waals surface area contributed by atoms with Crippen molar-refractivity contribution in [3.63, 3.8) is 0 Å². The highest BCUT2D eigenvalue weighted by Crippen LogP contribution is 2.35. The first-order valence-corrected chi connectivity index (χ1v) is 7.95. The molecule has 0 aliphatic carbocycles. The van der Waals surface area contributed by atoms with Gasteiger partial charge in [0.2, 0.25) is 5.91 Å². The maximum atomic E-state index is 12.2. The van der Waals surface area contributed by atoms with Crippen molar-refractivity contribution in [2.45, 2.75) is 45.6 Å². The molecule has 2 rings (SSSR count). The Morgan fingerprint density at radius 1 is 1.36 bits per heavy atom. The first-order chi connectivity index (χ1) is 10.6. The molecule has 1 atom stereocenters. The van der Waals surface area contributed by atoms with Gasteiger partial charge in [-0.05, 0) is 37.6 Å². The number of ketones is 1. The molecule has 0 spiro atoms. The number of hydrogen-bond acceptors (Lipinski definition) is 4. The number of nitrogens with two attached hydrogens (primary N) is 1. The van der Waals surface area contributed by atoms with Crippen LogP contribution < -0.4 is 15.4 Å². The summed E-state index contributed by atoms with van der Waals surface area (Å²) >= 11 is 0. The normalized spacial score (nSPS) is 16.9. The average molecular weight is 304 g/mol. The molecule has 0 fully saturated rings. The zero-order valence-electron chi connectivity index (χ0n) is 13.3. The van der Waals surface area contributed by atoms with Crippen LogP contribution in [0.15, 0.2) is 18.2 Å². The van der Waals surface area contributed by atoms with Gasteiger partial charge in [0, 0.05) is 18.4 Å². The Kier molecular flexibility index (Phi) is 5.55. The first kappa shape index (κ1) is 16.5. The predicted molar refractivity (Wildman–Crippen MR) is 86.4 cm³/mol. The number of benzene rings is 1. The summed E-state index contributed by atoms with van der Waals surface area (Å²) in [7, 11) is 0. The third-order valence-corrected chi connectivity index (χ3v) is 3.92. The second kappa shape index (κ2) is 7.40. The highest BCUT2D eigenvalue weighted by Gasteiger charge is 2.28. The number of ether oxygens (including phenoxy) is 1. The second-order valence-electron chi connectivity index (χ2n) is 5.50. The van der Waals surface area contributed by atoms with Gasteiger partial charge in [-0.1, -0.05) is 13.8 Å². The van der Waals surface area contributed by atoms with E-state index in [0.717, 1.165) is 6.42 Å². The topological polar surface area (TPSA) is 72.6 Å². The summed E-state index contributed by atoms with van der Waals surface area (Å²) in [5, 5.41) is 0. The highest BCUT2D eigenvalue weighted by molar-refractivity contribution is 6.00. The molecule has 0 bridgehead atoms. The molecule has 1 aliphatic rings. The molecule has 0 radical (unpaired) electrons. The lowest BCUT2D eigenvalue weighted by Crippen LogP contribution is -2.43. The summed E-state index contributed by atoms with van der Waals surface area (Å²) < 4.78 is 5.90. The predicted octanol–water partition coefficient (Wildman–Crippen LogP) is 2.52. The molecule has 22 heavy (non-hydrogen) atoms. The van der Waals surface area contributed by atoms with Gasteiger partial charge in [-0.3, -0.25) is 9.59 Å². The van der Waals surface area contributed by atoms with E-state index >= 15 is 0 Å². The number of nitrogens with zero attached hydrogens (tertiary/aromatic N) is 1. The van der Waals surface area contributed by atoms with Crippen LogP contribution in [-0.2, 0) is 4.79 Å². The minimum atomic E-state index is 0.00166. The van der Waals surface area contributed by atoms with Crippen LogP contribution in [0.2, 0.25) is 0 Å². The van der Waals surface area contributed by atoms with Gasteiger partial charge in [-0.15, -0.1) is 0 Å². The lowest BCUT2D eigenvalue weighted by Gasteiger charge is -2.34. The van der Waals surface area contributed by atoms with Gasteiger partial charge in [0.1, 0.15) is 11.9 Å². The van der Waals surface area contributed by atoms with E-state index in [-0.39, 0.29) is 17.8 Å². The summed E-state index contributed by atoms with van der Waals surface area (Å²) in [5.74, 6) is 0.777. The quantitative estimate of drug-likeness (QED) is 0.820. The number of fused-ring (bicyclic) bond motifs is 1. The molecule has 0 aromatic heterocycles. The lowest BCUT2D eigenvalue weighted by molar-refractivity contribution is -0.118. The average Bonchev–Trinajstić information content (AvgIpc) is 2.57. The number of Topliss-reactive ketones (excluding diaryl/α,β-unsaturated/α-hetero) is 1. The van der Waals surface area contributed by atoms with E-state index in [1.807, 2.05) is 13.8 Å². The number of amides is 1. The van der Waals surface area contributed by atoms with Gasteiger partial charge in [0.25, 0.3) is 0 Å². The van der Waals surface area contributed by atoms with Gasteiger partial charge < -0.3 is 15.4 Å². The molecule has 0 saturated heterocycles. The molecule has 1 aromatic rings. The van der Waals surface area contributed by atoms with Crippen LogP contribution in [0.25, 0.3) is 0 Å². The number of rotatable bonds is 6. The second-order valence-corrected chi connectivity index (χ2v) is 5.50. The molecule has 1 amide bonds. The highest BCUT2D eigenvalue weighted by atomic mass is 16.5. The van der Waals surface area contributed by atoms with Crippen LogP contribution >= 0.6 is 0 Å². The van der Waals surface area contributed by atoms with Gasteiger partial charge >= 0.3 is 0 Å². The smallest absolute Gasteiger partial charge is 0.226 e. The van der Waals surface area contributed by atoms with Crippen LogP contribution in [0, 0.1) is 0 Å². The number of hydrogen-bond donors (Lipinski definition) is 1. The van der Waals surface area contributed by atoms with Crippen molar-refractivity contribution in [1.29, 1.82) is 0 Å². The zero-order valence-corrected chi connectivity index (χ0v) is 13.3. The van der Waals surface area contributed by atoms with Crippen molar-refractivity contribution in [3.8, 4) is 5.75 Å². The Morgan fingerprint density at radius 2 is 2.14 bits per heavy atom. The SMILES string of the molecule is CCC(=O)N1CC(CC)Oc2ccc(C(=O)CCCN)cc21. The van der Waals surface area contributed by atoms with Crippen LogP contribution in [0.1, 0.15) is 49.9 Å². The monoisotopic (exact) mass is 304 g/mol. The van der Waals surface area contributed by atoms with Crippen LogP contribution in [0.5, 0.6) is 5.75 Å². The Morgan fingerprint density at radius 3 is 2.77 bits per heavy atom. The van der Waals surface area contributed by atoms with E-state index in [2.05, 4.69) is 0 Å². The van der Waals surface area contributed by atoms with E-state index in [9.17, 15) is 9.59 Å². The number of carbonyl (C=O) groups is 2. The van der Waals surface area contributed by atoms with E-state index in [4.69, 9.17) is 10.5 Å². The van der Waals surface area contributed by atoms with Crippen molar-refractivity contribution in [1.82, 2.24) is 0 Å². The standard InChI is InChI=1S/C17H24N2O3/c1-3-13-11-19(17(21)4-2)14-10-12(7-8-16(14)22-13)15(20)6-5-9-18/h7-8,10,13H,3-6,9,11,18H2,1-2H3. The fraction of sp³-hybridized carbons (Fsp3) is 0.529. The van der Waals surface area contributed by atoms with Crippen molar-refractivity contribution in [2.75, 3.05) is 18.0 Å². The molecular formula is C17H24N2O3. The minimum Gasteiger partial charge on any atom is -0.486 e. The molecule has 5 nitrogen and oxygen atoms in total. The molecule has 1 aromatic carbocycles. The van der Waals surface area contributed by atoms with Crippen LogP contribution in [-0.4, -0.2) is 30.9 Å². The molecular weight excluding hydrogens is 280 g/mol. The summed E-state index contributed by atoms with van der Waals surface area (Å²) in [6.45, 7) is 4.92. The third-order valence-electron chi connectivity index (χ3n) is 3.92. The van der Waals surface area contributed by atoms with Gasteiger partial charge in [0.05, 0.1) is 12.2 Å². The Labute approximate surface area is 131 Å². The van der Waals surface area contributed by atoms with Crippen molar-refractivity contribution in [2.24, 2.45) is 5.73 Å². The summed E-state index contributed by atoms with van der Waals surface area (Å²) in [5.41, 5.74) is 6.77. The molecule has 1 heterocycles. The molecule has 1 aliphatic heterocycles. The van der Waals surface area contributed by atoms with Gasteiger partial charge in [-0.25, -0.2) is 0 Å². The maximum absolute atomic E-state index is 12.2. The minimum absolute atomic E-state index is 0.00166. The van der Waals surface area contributed by atoms with Gasteiger partial charge in [-0.2, -0.15) is 0 Å². The third kappa shape index (κ3) is 3.47. The lowest BCUT2D eigenvalue weighted by atomic mass is 10.0. The fourth-order valence-electron chi connectivity index (χ4n) is 2.57. The fourth-order valence-corrected chi connectivity index (χ4v) is 2.57. The van der Waals surface area contributed by atoms with E-state index in [0.29, 0.717) is 49.4 Å². The molecule has 1 unspecified atom stereocenters. The van der Waals surface area contributed by atoms with Crippen molar-refractivity contribution in [3.05, 3.63) is 23.8 Å². The number of anilines is 1. The zero-order chi connectivity index (χ0) is 16.1. The van der Waals surface area contributed by atoms with Crippen LogP contribution in [0.4, 0.5) is 5.69 Å². The maximum Gasteiger partial charge on any atom is 0.226 e. The van der Waals surface area contributed by atoms with E-state index < -0.39 is 0 Å². The largest absolute Gasteiger partial charge is 0.486 e. The summed E-state index contributed by atoms with van der Waals surface area (Å²) in [4.78, 5) is 26.1. The molecule has 5 heteroatoms. The van der Waals surface area contributed by atoms with Gasteiger partial charge in [0.15, 0.2) is 5.78 Å². The molecule has 2 N–H and O–H groups in total. The molecule has 0 saturated carbocycles. The molecule has 120 valence electrons. The number of carbonyl (C=O) groups excluding carboxylic acids is 2. The Balaban J connectivity index is 2.32. The van der Waals surface area contributed by atoms with E-state index in [1.165, 1.54) is 0 Å². The Bertz CT molecular complexity index is 557.